The molecule has 0 atom stereocenters. The van der Waals surface area contributed by atoms with Crippen LogP contribution in [0.1, 0.15) is 18.4 Å². The van der Waals surface area contributed by atoms with Crippen molar-refractivity contribution < 1.29 is 13.2 Å². The molecule has 1 aliphatic rings. The van der Waals surface area contributed by atoms with Gasteiger partial charge < -0.3 is 0 Å². The fourth-order valence-electron chi connectivity index (χ4n) is 2.61. The largest absolute Gasteiger partial charge is 0.273 e. The van der Waals surface area contributed by atoms with E-state index in [2.05, 4.69) is 15.5 Å². The van der Waals surface area contributed by atoms with Gasteiger partial charge in [-0.3, -0.25) is 9.78 Å². The molecule has 0 spiro atoms. The molecule has 0 unspecified atom stereocenters. The molecule has 7 nitrogen and oxygen atoms in total. The van der Waals surface area contributed by atoms with Crippen molar-refractivity contribution in [2.75, 3.05) is 13.1 Å². The molecule has 2 aromatic heterocycles. The van der Waals surface area contributed by atoms with Gasteiger partial charge in [0.15, 0.2) is 0 Å². The third-order valence-corrected chi connectivity index (χ3v) is 7.26. The minimum atomic E-state index is -3.44. The average Bonchev–Trinajstić information content (AvgIpc) is 3.18. The van der Waals surface area contributed by atoms with E-state index in [0.717, 1.165) is 5.56 Å². The van der Waals surface area contributed by atoms with Crippen molar-refractivity contribution in [2.45, 2.75) is 17.1 Å². The van der Waals surface area contributed by atoms with E-state index < -0.39 is 10.0 Å². The lowest BCUT2D eigenvalue weighted by Gasteiger charge is -2.29. The molecule has 1 fully saturated rings. The van der Waals surface area contributed by atoms with Gasteiger partial charge in [-0.05, 0) is 30.4 Å². The van der Waals surface area contributed by atoms with Crippen LogP contribution in [-0.2, 0) is 14.8 Å². The number of nitrogens with one attached hydrogen (secondary N) is 1. The summed E-state index contributed by atoms with van der Waals surface area (Å²) in [5.74, 6) is -0.422. The van der Waals surface area contributed by atoms with Gasteiger partial charge in [-0.25, -0.2) is 13.8 Å². The molecule has 0 bridgehead atoms. The first-order valence-corrected chi connectivity index (χ1v) is 10.2. The molecule has 9 heteroatoms. The quantitative estimate of drug-likeness (QED) is 0.633. The zero-order valence-corrected chi connectivity index (χ0v) is 15.0. The number of amides is 1. The molecule has 1 N–H and O–H groups in total. The number of sulfonamides is 1. The number of nitrogens with zero attached hydrogens (tertiary/aromatic N) is 3. The molecule has 0 aromatic carbocycles. The third-order valence-electron chi connectivity index (χ3n) is 3.99. The van der Waals surface area contributed by atoms with Gasteiger partial charge in [0.25, 0.3) is 10.0 Å². The molecule has 0 saturated carbocycles. The highest BCUT2D eigenvalue weighted by atomic mass is 32.2. The van der Waals surface area contributed by atoms with E-state index in [1.54, 1.807) is 36.0 Å². The number of aromatic nitrogens is 1. The van der Waals surface area contributed by atoms with Crippen molar-refractivity contribution in [3.63, 3.8) is 0 Å². The summed E-state index contributed by atoms with van der Waals surface area (Å²) >= 11 is 1.21. The summed E-state index contributed by atoms with van der Waals surface area (Å²) in [6, 6.07) is 6.94. The van der Waals surface area contributed by atoms with Crippen LogP contribution in [0.5, 0.6) is 0 Å². The fraction of sp³-hybridized carbons (Fsp3) is 0.312. The molecule has 132 valence electrons. The molecule has 1 saturated heterocycles. The Bertz CT molecular complexity index is 828. The van der Waals surface area contributed by atoms with Gasteiger partial charge >= 0.3 is 0 Å². The van der Waals surface area contributed by atoms with Crippen LogP contribution in [0.25, 0.3) is 0 Å². The van der Waals surface area contributed by atoms with E-state index in [4.69, 9.17) is 0 Å². The topological polar surface area (TPSA) is 91.7 Å². The predicted octanol–water partition coefficient (Wildman–Crippen LogP) is 1.69. The van der Waals surface area contributed by atoms with E-state index in [-0.39, 0.29) is 11.8 Å². The number of hydrazone groups is 1. The molecule has 1 amide bonds. The number of carbonyl (C=O) groups is 1. The van der Waals surface area contributed by atoms with E-state index in [9.17, 15) is 13.2 Å². The van der Waals surface area contributed by atoms with Gasteiger partial charge in [0, 0.05) is 37.0 Å². The molecule has 3 rings (SSSR count). The Morgan fingerprint density at radius 1 is 1.32 bits per heavy atom. The van der Waals surface area contributed by atoms with Gasteiger partial charge in [0.05, 0.1) is 6.21 Å². The summed E-state index contributed by atoms with van der Waals surface area (Å²) in [5.41, 5.74) is 3.31. The second-order valence-corrected chi connectivity index (χ2v) is 8.74. The van der Waals surface area contributed by atoms with Crippen molar-refractivity contribution in [1.29, 1.82) is 0 Å². The van der Waals surface area contributed by atoms with Crippen LogP contribution < -0.4 is 5.43 Å². The smallest absolute Gasteiger partial charge is 0.252 e. The zero-order chi connectivity index (χ0) is 17.7. The molecular formula is C16H18N4O3S2. The van der Waals surface area contributed by atoms with Crippen molar-refractivity contribution in [1.82, 2.24) is 14.7 Å². The maximum atomic E-state index is 12.5. The number of thiophene rings is 1. The average molecular weight is 378 g/mol. The lowest BCUT2D eigenvalue weighted by Crippen LogP contribution is -2.42. The maximum absolute atomic E-state index is 12.5. The van der Waals surface area contributed by atoms with E-state index in [1.165, 1.54) is 21.9 Å². The Labute approximate surface area is 150 Å². The third kappa shape index (κ3) is 4.30. The maximum Gasteiger partial charge on any atom is 0.252 e. The molecule has 0 radical (unpaired) electrons. The van der Waals surface area contributed by atoms with Crippen LogP contribution in [0.4, 0.5) is 0 Å². The highest BCUT2D eigenvalue weighted by molar-refractivity contribution is 7.91. The first-order chi connectivity index (χ1) is 12.1. The van der Waals surface area contributed by atoms with Crippen LogP contribution >= 0.6 is 11.3 Å². The van der Waals surface area contributed by atoms with Gasteiger partial charge in [0.1, 0.15) is 4.21 Å². The van der Waals surface area contributed by atoms with Crippen molar-refractivity contribution in [3.05, 3.63) is 47.6 Å². The number of hydrogen-bond donors (Lipinski definition) is 1. The normalized spacial score (nSPS) is 17.0. The van der Waals surface area contributed by atoms with Crippen LogP contribution in [-0.4, -0.2) is 42.9 Å². The van der Waals surface area contributed by atoms with Crippen LogP contribution in [0.3, 0.4) is 0 Å². The number of piperidine rings is 1. The van der Waals surface area contributed by atoms with Crippen molar-refractivity contribution >= 4 is 33.5 Å². The molecule has 2 aromatic rings. The summed E-state index contributed by atoms with van der Waals surface area (Å²) in [4.78, 5) is 16.1. The molecular weight excluding hydrogens is 360 g/mol. The van der Waals surface area contributed by atoms with E-state index >= 15 is 0 Å². The number of pyridine rings is 1. The van der Waals surface area contributed by atoms with Gasteiger partial charge in [-0.2, -0.15) is 9.41 Å². The van der Waals surface area contributed by atoms with E-state index in [1.807, 2.05) is 6.07 Å². The summed E-state index contributed by atoms with van der Waals surface area (Å²) < 4.78 is 26.7. The number of rotatable bonds is 5. The van der Waals surface area contributed by atoms with Crippen LogP contribution in [0.2, 0.25) is 0 Å². The number of carbonyl (C=O) groups excluding carboxylic acids is 1. The number of hydrogen-bond acceptors (Lipinski definition) is 6. The monoisotopic (exact) mass is 378 g/mol. The summed E-state index contributed by atoms with van der Waals surface area (Å²) in [6.07, 6.45) is 5.80. The van der Waals surface area contributed by atoms with Crippen LogP contribution in [0, 0.1) is 5.92 Å². The van der Waals surface area contributed by atoms with E-state index in [0.29, 0.717) is 30.1 Å². The molecule has 1 aliphatic heterocycles. The minimum absolute atomic E-state index is 0.187. The Kier molecular flexibility index (Phi) is 5.57. The van der Waals surface area contributed by atoms with Crippen molar-refractivity contribution in [2.24, 2.45) is 11.0 Å². The molecule has 3 heterocycles. The van der Waals surface area contributed by atoms with Crippen LogP contribution in [0.15, 0.2) is 51.3 Å². The Morgan fingerprint density at radius 2 is 2.12 bits per heavy atom. The summed E-state index contributed by atoms with van der Waals surface area (Å²) in [7, 11) is -3.44. The lowest BCUT2D eigenvalue weighted by atomic mass is 9.98. The SMILES string of the molecule is O=C(N/N=C\c1cccnc1)C1CCN(S(=O)(=O)c2cccs2)CC1. The standard InChI is InChI=1S/C16H18N4O3S2/c21-16(19-18-12-13-3-1-7-17-11-13)14-5-8-20(9-6-14)25(22,23)15-4-2-10-24-15/h1-4,7,10-12,14H,5-6,8-9H2,(H,19,21)/b18-12-. The highest BCUT2D eigenvalue weighted by Crippen LogP contribution is 2.26. The first-order valence-electron chi connectivity index (χ1n) is 7.84. The van der Waals surface area contributed by atoms with Gasteiger partial charge in [-0.1, -0.05) is 12.1 Å². The zero-order valence-electron chi connectivity index (χ0n) is 13.4. The summed E-state index contributed by atoms with van der Waals surface area (Å²) in [5, 5.41) is 5.67. The highest BCUT2D eigenvalue weighted by Gasteiger charge is 2.32. The second kappa shape index (κ2) is 7.85. The minimum Gasteiger partial charge on any atom is -0.273 e. The van der Waals surface area contributed by atoms with Gasteiger partial charge in [-0.15, -0.1) is 11.3 Å². The predicted molar refractivity (Wildman–Crippen MR) is 95.8 cm³/mol. The second-order valence-electron chi connectivity index (χ2n) is 5.63. The van der Waals surface area contributed by atoms with Crippen molar-refractivity contribution in [3.8, 4) is 0 Å². The van der Waals surface area contributed by atoms with Gasteiger partial charge in [0.2, 0.25) is 5.91 Å². The lowest BCUT2D eigenvalue weighted by molar-refractivity contribution is -0.126. The Balaban J connectivity index is 1.52. The molecule has 0 aliphatic carbocycles. The summed E-state index contributed by atoms with van der Waals surface area (Å²) in [6.45, 7) is 0.676. The fourth-order valence-corrected chi connectivity index (χ4v) is 5.22. The Morgan fingerprint density at radius 3 is 2.76 bits per heavy atom. The molecule has 25 heavy (non-hydrogen) atoms. The first kappa shape index (κ1) is 17.7. The Hall–Kier alpha value is -2.10.